The smallest absolute Gasteiger partial charge is 0.232 e. The molecule has 0 spiro atoms. The Balaban J connectivity index is 0.000000268. The van der Waals surface area contributed by atoms with Gasteiger partial charge in [-0.2, -0.15) is 0 Å². The number of hydrogen-bond acceptors (Lipinski definition) is 5. The Morgan fingerprint density at radius 3 is 2.38 bits per heavy atom. The van der Waals surface area contributed by atoms with E-state index in [9.17, 15) is 4.39 Å². The predicted octanol–water partition coefficient (Wildman–Crippen LogP) is 3.54. The highest BCUT2D eigenvalue weighted by Crippen LogP contribution is 2.20. The summed E-state index contributed by atoms with van der Waals surface area (Å²) < 4.78 is 18.3. The number of fused-ring (bicyclic) bond motifs is 1. The van der Waals surface area contributed by atoms with E-state index in [0.717, 1.165) is 0 Å². The van der Waals surface area contributed by atoms with Gasteiger partial charge in [-0.1, -0.05) is 33.1 Å². The molecular weight excluding hydrogens is 307 g/mol. The van der Waals surface area contributed by atoms with Crippen molar-refractivity contribution in [2.75, 3.05) is 7.11 Å². The van der Waals surface area contributed by atoms with Crippen LogP contribution in [0.3, 0.4) is 0 Å². The zero-order valence-electron chi connectivity index (χ0n) is 14.9. The van der Waals surface area contributed by atoms with Gasteiger partial charge >= 0.3 is 0 Å². The Morgan fingerprint density at radius 2 is 1.88 bits per heavy atom. The molecule has 24 heavy (non-hydrogen) atoms. The molecular formula is C18H29FN4O. The molecule has 2 aromatic rings. The summed E-state index contributed by atoms with van der Waals surface area (Å²) in [5.74, 6) is -0.0182. The number of halogens is 1. The molecule has 1 saturated carbocycles. The Kier molecular flexibility index (Phi) is 9.19. The molecule has 0 radical (unpaired) electrons. The summed E-state index contributed by atoms with van der Waals surface area (Å²) in [5, 5.41) is 0. The van der Waals surface area contributed by atoms with Gasteiger partial charge in [0.2, 0.25) is 5.88 Å². The van der Waals surface area contributed by atoms with Gasteiger partial charge in [0.25, 0.3) is 0 Å². The van der Waals surface area contributed by atoms with Crippen LogP contribution in [0.15, 0.2) is 18.3 Å². The maximum absolute atomic E-state index is 13.4. The second-order valence-electron chi connectivity index (χ2n) is 5.41. The molecule has 0 amide bonds. The fourth-order valence-corrected chi connectivity index (χ4v) is 2.52. The van der Waals surface area contributed by atoms with E-state index in [2.05, 4.69) is 9.97 Å². The quantitative estimate of drug-likeness (QED) is 0.876. The number of nitrogens with zero attached hydrogens (tertiary/aromatic N) is 2. The standard InChI is InChI=1S/C10H10FN3O.C6H13N.C2H6/c1-15-9-5-13-8-3-2-7(11)6(4-12)10(8)14-9;7-6-4-2-1-3-5-6;1-2/h2-3,5H,4,12H2,1H3;6H,1-5,7H2;1-2H3. The molecule has 4 N–H and O–H groups in total. The fourth-order valence-electron chi connectivity index (χ4n) is 2.52. The van der Waals surface area contributed by atoms with Crippen molar-refractivity contribution in [3.63, 3.8) is 0 Å². The first-order chi connectivity index (χ1) is 11.7. The molecule has 5 nitrogen and oxygen atoms in total. The van der Waals surface area contributed by atoms with Gasteiger partial charge in [0.05, 0.1) is 18.8 Å². The topological polar surface area (TPSA) is 87.0 Å². The van der Waals surface area contributed by atoms with Crippen molar-refractivity contribution in [2.24, 2.45) is 11.5 Å². The lowest BCUT2D eigenvalue weighted by atomic mass is 9.97. The van der Waals surface area contributed by atoms with Crippen molar-refractivity contribution in [2.45, 2.75) is 58.5 Å². The van der Waals surface area contributed by atoms with Gasteiger partial charge in [0, 0.05) is 18.2 Å². The van der Waals surface area contributed by atoms with Crippen molar-refractivity contribution >= 4 is 11.0 Å². The van der Waals surface area contributed by atoms with Crippen LogP contribution < -0.4 is 16.2 Å². The highest BCUT2D eigenvalue weighted by atomic mass is 19.1. The van der Waals surface area contributed by atoms with E-state index in [-0.39, 0.29) is 12.4 Å². The Bertz CT molecular complexity index is 615. The lowest BCUT2D eigenvalue weighted by Crippen LogP contribution is -2.22. The van der Waals surface area contributed by atoms with Crippen LogP contribution in [0.2, 0.25) is 0 Å². The first-order valence-corrected chi connectivity index (χ1v) is 8.59. The fraction of sp³-hybridized carbons (Fsp3) is 0.556. The average Bonchev–Trinajstić information content (AvgIpc) is 2.64. The summed E-state index contributed by atoms with van der Waals surface area (Å²) in [6.07, 6.45) is 8.15. The monoisotopic (exact) mass is 336 g/mol. The molecule has 134 valence electrons. The minimum atomic E-state index is -0.368. The minimum Gasteiger partial charge on any atom is -0.480 e. The Morgan fingerprint density at radius 1 is 1.21 bits per heavy atom. The Labute approximate surface area is 143 Å². The predicted molar refractivity (Wildman–Crippen MR) is 96.3 cm³/mol. The van der Waals surface area contributed by atoms with Crippen LogP contribution in [0.5, 0.6) is 5.88 Å². The van der Waals surface area contributed by atoms with Crippen LogP contribution >= 0.6 is 0 Å². The number of rotatable bonds is 2. The average molecular weight is 336 g/mol. The van der Waals surface area contributed by atoms with Gasteiger partial charge in [0.15, 0.2) is 0 Å². The van der Waals surface area contributed by atoms with Gasteiger partial charge in [-0.05, 0) is 25.0 Å². The second-order valence-corrected chi connectivity index (χ2v) is 5.41. The largest absolute Gasteiger partial charge is 0.480 e. The van der Waals surface area contributed by atoms with Crippen LogP contribution in [-0.2, 0) is 6.54 Å². The van der Waals surface area contributed by atoms with Crippen molar-refractivity contribution in [1.82, 2.24) is 9.97 Å². The highest BCUT2D eigenvalue weighted by Gasteiger charge is 2.09. The van der Waals surface area contributed by atoms with Crippen molar-refractivity contribution in [1.29, 1.82) is 0 Å². The molecule has 1 aliphatic rings. The van der Waals surface area contributed by atoms with Crippen LogP contribution in [0.4, 0.5) is 4.39 Å². The summed E-state index contributed by atoms with van der Waals surface area (Å²) in [4.78, 5) is 8.21. The molecule has 1 aliphatic carbocycles. The van der Waals surface area contributed by atoms with E-state index in [1.54, 1.807) is 6.07 Å². The summed E-state index contributed by atoms with van der Waals surface area (Å²) in [6, 6.07) is 3.44. The highest BCUT2D eigenvalue weighted by molar-refractivity contribution is 5.78. The van der Waals surface area contributed by atoms with Crippen molar-refractivity contribution in [3.05, 3.63) is 29.7 Å². The molecule has 0 unspecified atom stereocenters. The molecule has 0 aliphatic heterocycles. The summed E-state index contributed by atoms with van der Waals surface area (Å²) in [6.45, 7) is 4.09. The van der Waals surface area contributed by atoms with E-state index in [0.29, 0.717) is 28.5 Å². The van der Waals surface area contributed by atoms with Crippen LogP contribution in [0.1, 0.15) is 51.5 Å². The number of methoxy groups -OCH3 is 1. The first kappa shape index (κ1) is 20.3. The maximum atomic E-state index is 13.4. The third kappa shape index (κ3) is 5.69. The maximum Gasteiger partial charge on any atom is 0.232 e. The van der Waals surface area contributed by atoms with Gasteiger partial charge in [-0.3, -0.25) is 0 Å². The lowest BCUT2D eigenvalue weighted by molar-refractivity contribution is 0.397. The molecule has 3 rings (SSSR count). The first-order valence-electron chi connectivity index (χ1n) is 8.59. The van der Waals surface area contributed by atoms with Crippen molar-refractivity contribution < 1.29 is 9.13 Å². The summed E-state index contributed by atoms with van der Waals surface area (Å²) in [5.41, 5.74) is 12.5. The minimum absolute atomic E-state index is 0.0883. The second kappa shape index (κ2) is 10.9. The SMILES string of the molecule is CC.COc1cnc2ccc(F)c(CN)c2n1.NC1CCCCC1. The number of nitrogens with two attached hydrogens (primary N) is 2. The zero-order chi connectivity index (χ0) is 17.9. The van der Waals surface area contributed by atoms with Crippen LogP contribution in [-0.4, -0.2) is 23.1 Å². The third-order valence-corrected chi connectivity index (χ3v) is 3.80. The van der Waals surface area contributed by atoms with Gasteiger partial charge < -0.3 is 16.2 Å². The number of hydrogen-bond donors (Lipinski definition) is 2. The van der Waals surface area contributed by atoms with E-state index in [1.807, 2.05) is 13.8 Å². The van der Waals surface area contributed by atoms with Crippen LogP contribution in [0, 0.1) is 5.82 Å². The normalized spacial score (nSPS) is 14.2. The van der Waals surface area contributed by atoms with E-state index in [4.69, 9.17) is 16.2 Å². The van der Waals surface area contributed by atoms with E-state index >= 15 is 0 Å². The molecule has 1 heterocycles. The lowest BCUT2D eigenvalue weighted by Gasteiger charge is -2.15. The van der Waals surface area contributed by atoms with Crippen LogP contribution in [0.25, 0.3) is 11.0 Å². The molecule has 1 aromatic carbocycles. The molecule has 1 aromatic heterocycles. The summed E-state index contributed by atoms with van der Waals surface area (Å²) in [7, 11) is 1.48. The van der Waals surface area contributed by atoms with E-state index < -0.39 is 0 Å². The number of ether oxygens (including phenoxy) is 1. The number of benzene rings is 1. The molecule has 1 fully saturated rings. The molecule has 0 atom stereocenters. The Hall–Kier alpha value is -1.79. The zero-order valence-corrected chi connectivity index (χ0v) is 14.9. The van der Waals surface area contributed by atoms with Gasteiger partial charge in [-0.25, -0.2) is 14.4 Å². The number of aromatic nitrogens is 2. The van der Waals surface area contributed by atoms with Gasteiger partial charge in [0.1, 0.15) is 11.3 Å². The van der Waals surface area contributed by atoms with E-state index in [1.165, 1.54) is 51.5 Å². The third-order valence-electron chi connectivity index (χ3n) is 3.80. The summed E-state index contributed by atoms with van der Waals surface area (Å²) >= 11 is 0. The molecule has 0 saturated heterocycles. The van der Waals surface area contributed by atoms with Gasteiger partial charge in [-0.15, -0.1) is 0 Å². The molecule has 6 heteroatoms. The molecule has 0 bridgehead atoms. The van der Waals surface area contributed by atoms with Crippen molar-refractivity contribution in [3.8, 4) is 5.88 Å².